The van der Waals surface area contributed by atoms with Crippen LogP contribution in [0.1, 0.15) is 18.9 Å². The van der Waals surface area contributed by atoms with Crippen LogP contribution in [0.25, 0.3) is 0 Å². The molecule has 0 aliphatic rings. The Morgan fingerprint density at radius 3 is 2.84 bits per heavy atom. The molecule has 0 atom stereocenters. The fourth-order valence-corrected chi connectivity index (χ4v) is 1.76. The molecule has 0 aliphatic heterocycles. The zero-order chi connectivity index (χ0) is 13.5. The van der Waals surface area contributed by atoms with Crippen molar-refractivity contribution in [2.75, 3.05) is 11.9 Å². The predicted molar refractivity (Wildman–Crippen MR) is 77.6 cm³/mol. The number of benzene rings is 1. The van der Waals surface area contributed by atoms with Gasteiger partial charge >= 0.3 is 0 Å². The third-order valence-corrected chi connectivity index (χ3v) is 2.72. The zero-order valence-corrected chi connectivity index (χ0v) is 11.1. The number of hydrogen-bond acceptors (Lipinski definition) is 4. The van der Waals surface area contributed by atoms with Crippen LogP contribution in [-0.4, -0.2) is 11.6 Å². The summed E-state index contributed by atoms with van der Waals surface area (Å²) in [5, 5.41) is 3.28. The number of pyridine rings is 1. The summed E-state index contributed by atoms with van der Waals surface area (Å²) in [5.74, 6) is 1.48. The molecule has 0 unspecified atom stereocenters. The third kappa shape index (κ3) is 3.45. The molecule has 0 radical (unpaired) electrons. The molecule has 19 heavy (non-hydrogen) atoms. The summed E-state index contributed by atoms with van der Waals surface area (Å²) >= 11 is 0. The van der Waals surface area contributed by atoms with Gasteiger partial charge < -0.3 is 15.8 Å². The van der Waals surface area contributed by atoms with Crippen LogP contribution in [0.2, 0.25) is 0 Å². The zero-order valence-electron chi connectivity index (χ0n) is 11.1. The van der Waals surface area contributed by atoms with Crippen LogP contribution < -0.4 is 15.8 Å². The van der Waals surface area contributed by atoms with Crippen LogP contribution in [0.3, 0.4) is 0 Å². The number of nitrogens with one attached hydrogen (secondary N) is 1. The summed E-state index contributed by atoms with van der Waals surface area (Å²) < 4.78 is 5.68. The minimum Gasteiger partial charge on any atom is -0.490 e. The first-order chi connectivity index (χ1) is 9.35. The monoisotopic (exact) mass is 257 g/mol. The van der Waals surface area contributed by atoms with E-state index in [9.17, 15) is 0 Å². The predicted octanol–water partition coefficient (Wildman–Crippen LogP) is 3.07. The number of hydrogen-bond donors (Lipinski definition) is 2. The Hall–Kier alpha value is -2.07. The highest BCUT2D eigenvalue weighted by molar-refractivity contribution is 5.64. The molecule has 0 amide bonds. The number of para-hydroxylation sites is 1. The van der Waals surface area contributed by atoms with Gasteiger partial charge in [-0.2, -0.15) is 0 Å². The molecule has 3 N–H and O–H groups in total. The topological polar surface area (TPSA) is 60.2 Å². The van der Waals surface area contributed by atoms with Gasteiger partial charge in [0.2, 0.25) is 0 Å². The van der Waals surface area contributed by atoms with Gasteiger partial charge in [0, 0.05) is 18.4 Å². The lowest BCUT2D eigenvalue weighted by molar-refractivity contribution is 0.318. The average Bonchev–Trinajstić information content (AvgIpc) is 2.47. The quantitative estimate of drug-likeness (QED) is 0.835. The summed E-state index contributed by atoms with van der Waals surface area (Å²) in [6.45, 7) is 3.24. The minimum atomic E-state index is 0.487. The van der Waals surface area contributed by atoms with Gasteiger partial charge in [0.15, 0.2) is 11.6 Å². The SMILES string of the molecule is CCCOc1cccnc1Nc1ccccc1CN. The van der Waals surface area contributed by atoms with Crippen molar-refractivity contribution in [3.8, 4) is 5.75 Å². The first-order valence-corrected chi connectivity index (χ1v) is 6.48. The Morgan fingerprint density at radius 2 is 2.05 bits per heavy atom. The lowest BCUT2D eigenvalue weighted by Crippen LogP contribution is -2.04. The van der Waals surface area contributed by atoms with E-state index in [1.807, 2.05) is 36.4 Å². The van der Waals surface area contributed by atoms with Crippen LogP contribution >= 0.6 is 0 Å². The smallest absolute Gasteiger partial charge is 0.173 e. The molecule has 2 rings (SSSR count). The first-order valence-electron chi connectivity index (χ1n) is 6.48. The molecular weight excluding hydrogens is 238 g/mol. The number of anilines is 2. The molecule has 4 heteroatoms. The van der Waals surface area contributed by atoms with Gasteiger partial charge in [-0.1, -0.05) is 25.1 Å². The van der Waals surface area contributed by atoms with Gasteiger partial charge in [0.25, 0.3) is 0 Å². The fraction of sp³-hybridized carbons (Fsp3) is 0.267. The second kappa shape index (κ2) is 6.75. The highest BCUT2D eigenvalue weighted by atomic mass is 16.5. The van der Waals surface area contributed by atoms with Gasteiger partial charge in [0.05, 0.1) is 6.61 Å². The molecule has 1 heterocycles. The summed E-state index contributed by atoms with van der Waals surface area (Å²) in [4.78, 5) is 4.33. The number of nitrogens with zero attached hydrogens (tertiary/aromatic N) is 1. The van der Waals surface area contributed by atoms with Crippen molar-refractivity contribution in [3.05, 3.63) is 48.2 Å². The number of aromatic nitrogens is 1. The van der Waals surface area contributed by atoms with Crippen LogP contribution in [0.15, 0.2) is 42.6 Å². The van der Waals surface area contributed by atoms with Gasteiger partial charge in [-0.15, -0.1) is 0 Å². The minimum absolute atomic E-state index is 0.487. The van der Waals surface area contributed by atoms with E-state index in [4.69, 9.17) is 10.5 Å². The van der Waals surface area contributed by atoms with Crippen molar-refractivity contribution in [1.29, 1.82) is 0 Å². The van der Waals surface area contributed by atoms with Crippen LogP contribution in [-0.2, 0) is 6.54 Å². The molecule has 2 aromatic rings. The lowest BCUT2D eigenvalue weighted by Gasteiger charge is -2.13. The maximum absolute atomic E-state index is 5.73. The van der Waals surface area contributed by atoms with E-state index in [0.29, 0.717) is 13.2 Å². The number of nitrogens with two attached hydrogens (primary N) is 1. The maximum Gasteiger partial charge on any atom is 0.173 e. The number of rotatable bonds is 6. The largest absolute Gasteiger partial charge is 0.490 e. The second-order valence-electron chi connectivity index (χ2n) is 4.18. The van der Waals surface area contributed by atoms with Gasteiger partial charge in [-0.05, 0) is 30.2 Å². The molecule has 0 saturated heterocycles. The molecular formula is C15H19N3O. The summed E-state index contributed by atoms with van der Waals surface area (Å²) in [7, 11) is 0. The van der Waals surface area contributed by atoms with E-state index in [-0.39, 0.29) is 0 Å². The van der Waals surface area contributed by atoms with E-state index in [0.717, 1.165) is 29.2 Å². The Morgan fingerprint density at radius 1 is 1.21 bits per heavy atom. The van der Waals surface area contributed by atoms with Gasteiger partial charge in [-0.3, -0.25) is 0 Å². The van der Waals surface area contributed by atoms with Crippen molar-refractivity contribution in [1.82, 2.24) is 4.98 Å². The van der Waals surface area contributed by atoms with Crippen molar-refractivity contribution in [3.63, 3.8) is 0 Å². The van der Waals surface area contributed by atoms with E-state index in [1.165, 1.54) is 0 Å². The highest BCUT2D eigenvalue weighted by Gasteiger charge is 2.06. The van der Waals surface area contributed by atoms with Crippen LogP contribution in [0, 0.1) is 0 Å². The van der Waals surface area contributed by atoms with Crippen molar-refractivity contribution < 1.29 is 4.74 Å². The van der Waals surface area contributed by atoms with E-state index in [1.54, 1.807) is 6.20 Å². The van der Waals surface area contributed by atoms with E-state index < -0.39 is 0 Å². The van der Waals surface area contributed by atoms with Crippen molar-refractivity contribution >= 4 is 11.5 Å². The molecule has 0 fully saturated rings. The summed E-state index contributed by atoms with van der Waals surface area (Å²) in [6.07, 6.45) is 2.71. The normalized spacial score (nSPS) is 10.2. The molecule has 1 aromatic carbocycles. The second-order valence-corrected chi connectivity index (χ2v) is 4.18. The number of ether oxygens (including phenoxy) is 1. The average molecular weight is 257 g/mol. The van der Waals surface area contributed by atoms with Crippen molar-refractivity contribution in [2.45, 2.75) is 19.9 Å². The first kappa shape index (κ1) is 13.4. The molecule has 0 aliphatic carbocycles. The van der Waals surface area contributed by atoms with E-state index >= 15 is 0 Å². The fourth-order valence-electron chi connectivity index (χ4n) is 1.76. The summed E-state index contributed by atoms with van der Waals surface area (Å²) in [6, 6.07) is 11.7. The third-order valence-electron chi connectivity index (χ3n) is 2.72. The Kier molecular flexibility index (Phi) is 4.75. The Bertz CT molecular complexity index is 528. The maximum atomic E-state index is 5.73. The van der Waals surface area contributed by atoms with Crippen LogP contribution in [0.5, 0.6) is 5.75 Å². The molecule has 100 valence electrons. The molecule has 0 bridgehead atoms. The molecule has 0 saturated carbocycles. The van der Waals surface area contributed by atoms with E-state index in [2.05, 4.69) is 17.2 Å². The molecule has 4 nitrogen and oxygen atoms in total. The van der Waals surface area contributed by atoms with Crippen LogP contribution in [0.4, 0.5) is 11.5 Å². The molecule has 1 aromatic heterocycles. The molecule has 0 spiro atoms. The van der Waals surface area contributed by atoms with Gasteiger partial charge in [-0.25, -0.2) is 4.98 Å². The Labute approximate surface area is 113 Å². The van der Waals surface area contributed by atoms with Crippen molar-refractivity contribution in [2.24, 2.45) is 5.73 Å². The standard InChI is InChI=1S/C15H19N3O/c1-2-10-19-14-8-5-9-17-15(14)18-13-7-4-3-6-12(13)11-16/h3-9H,2,10-11,16H2,1H3,(H,17,18). The highest BCUT2D eigenvalue weighted by Crippen LogP contribution is 2.26. The summed E-state index contributed by atoms with van der Waals surface area (Å²) in [5.41, 5.74) is 7.74. The van der Waals surface area contributed by atoms with Gasteiger partial charge in [0.1, 0.15) is 0 Å². The Balaban J connectivity index is 2.22. The lowest BCUT2D eigenvalue weighted by atomic mass is 10.2.